The van der Waals surface area contributed by atoms with Gasteiger partial charge in [0.25, 0.3) is 5.91 Å². The second-order valence-corrected chi connectivity index (χ2v) is 6.98. The lowest BCUT2D eigenvalue weighted by Crippen LogP contribution is -2.54. The van der Waals surface area contributed by atoms with E-state index in [9.17, 15) is 14.0 Å². The van der Waals surface area contributed by atoms with Crippen LogP contribution in [-0.2, 0) is 10.2 Å². The molecule has 2 amide bonds. The van der Waals surface area contributed by atoms with Crippen molar-refractivity contribution in [3.63, 3.8) is 0 Å². The molecule has 0 aromatic heterocycles. The summed E-state index contributed by atoms with van der Waals surface area (Å²) < 4.78 is 20.2. The zero-order valence-electron chi connectivity index (χ0n) is 13.5. The smallest absolute Gasteiger partial charge is 0.258 e. The molecule has 2 heterocycles. The predicted molar refractivity (Wildman–Crippen MR) is 88.2 cm³/mol. The molecule has 0 radical (unpaired) electrons. The normalized spacial score (nSPS) is 24.4. The standard InChI is InChI=1S/C20H16FNO3/c21-16-10-13-15(9-12(16)11-5-6-11)20(19(24)22-18(13)23)7-8-25-17-4-2-1-3-14(17)20/h1-4,9-11H,5-8H2,(H,22,23,24). The molecule has 3 aliphatic rings. The summed E-state index contributed by atoms with van der Waals surface area (Å²) in [5.41, 5.74) is 1.21. The van der Waals surface area contributed by atoms with E-state index in [2.05, 4.69) is 5.32 Å². The SMILES string of the molecule is O=C1NC(=O)C2(CCOc3ccccc32)c2cc(C3CC3)c(F)cc21. The van der Waals surface area contributed by atoms with Gasteiger partial charge in [-0.3, -0.25) is 14.9 Å². The Bertz CT molecular complexity index is 935. The molecule has 126 valence electrons. The zero-order valence-corrected chi connectivity index (χ0v) is 13.5. The van der Waals surface area contributed by atoms with Crippen LogP contribution in [0.1, 0.15) is 52.2 Å². The Balaban J connectivity index is 1.83. The molecule has 4 nitrogen and oxygen atoms in total. The topological polar surface area (TPSA) is 55.4 Å². The van der Waals surface area contributed by atoms with Gasteiger partial charge in [-0.1, -0.05) is 24.3 Å². The van der Waals surface area contributed by atoms with Gasteiger partial charge >= 0.3 is 0 Å². The number of benzene rings is 2. The van der Waals surface area contributed by atoms with E-state index in [0.717, 1.165) is 18.4 Å². The highest BCUT2D eigenvalue weighted by Gasteiger charge is 2.51. The van der Waals surface area contributed by atoms with Gasteiger partial charge in [0.2, 0.25) is 5.91 Å². The third-order valence-electron chi connectivity index (χ3n) is 5.55. The Labute approximate surface area is 144 Å². The molecule has 0 bridgehead atoms. The molecule has 1 fully saturated rings. The first-order valence-corrected chi connectivity index (χ1v) is 8.53. The Kier molecular flexibility index (Phi) is 2.87. The maximum Gasteiger partial charge on any atom is 0.258 e. The summed E-state index contributed by atoms with van der Waals surface area (Å²) in [6.07, 6.45) is 2.32. The minimum atomic E-state index is -1.00. The molecule has 1 spiro atoms. The molecule has 2 aromatic carbocycles. The fourth-order valence-corrected chi connectivity index (χ4v) is 4.15. The van der Waals surface area contributed by atoms with Crippen LogP contribution in [0.25, 0.3) is 0 Å². The van der Waals surface area contributed by atoms with Crippen molar-refractivity contribution < 1.29 is 18.7 Å². The van der Waals surface area contributed by atoms with Crippen LogP contribution in [0, 0.1) is 5.82 Å². The summed E-state index contributed by atoms with van der Waals surface area (Å²) in [5, 5.41) is 2.43. The Hall–Kier alpha value is -2.69. The van der Waals surface area contributed by atoms with Crippen molar-refractivity contribution >= 4 is 11.8 Å². The molecular weight excluding hydrogens is 321 g/mol. The van der Waals surface area contributed by atoms with Crippen molar-refractivity contribution in [2.45, 2.75) is 30.6 Å². The fraction of sp³-hybridized carbons (Fsp3) is 0.300. The van der Waals surface area contributed by atoms with Crippen molar-refractivity contribution in [1.82, 2.24) is 5.32 Å². The van der Waals surface area contributed by atoms with Crippen LogP contribution in [0.3, 0.4) is 0 Å². The predicted octanol–water partition coefficient (Wildman–Crippen LogP) is 3.04. The van der Waals surface area contributed by atoms with Gasteiger partial charge in [-0.15, -0.1) is 0 Å². The number of halogens is 1. The number of nitrogens with one attached hydrogen (secondary N) is 1. The first kappa shape index (κ1) is 14.6. The number of hydrogen-bond acceptors (Lipinski definition) is 3. The zero-order chi connectivity index (χ0) is 17.2. The van der Waals surface area contributed by atoms with Crippen molar-refractivity contribution in [3.8, 4) is 5.75 Å². The lowest BCUT2D eigenvalue weighted by atomic mass is 9.66. The van der Waals surface area contributed by atoms with Crippen molar-refractivity contribution in [1.29, 1.82) is 0 Å². The Morgan fingerprint density at radius 1 is 1.12 bits per heavy atom. The molecule has 25 heavy (non-hydrogen) atoms. The number of imide groups is 1. The van der Waals surface area contributed by atoms with Gasteiger partial charge in [-0.2, -0.15) is 0 Å². The van der Waals surface area contributed by atoms with E-state index < -0.39 is 11.3 Å². The van der Waals surface area contributed by atoms with Gasteiger partial charge in [0.1, 0.15) is 17.0 Å². The van der Waals surface area contributed by atoms with E-state index in [1.807, 2.05) is 24.3 Å². The van der Waals surface area contributed by atoms with E-state index in [1.165, 1.54) is 6.07 Å². The van der Waals surface area contributed by atoms with Crippen LogP contribution in [0.2, 0.25) is 0 Å². The van der Waals surface area contributed by atoms with Crippen LogP contribution in [0.5, 0.6) is 5.75 Å². The van der Waals surface area contributed by atoms with Gasteiger partial charge in [0.05, 0.1) is 6.61 Å². The summed E-state index contributed by atoms with van der Waals surface area (Å²) in [7, 11) is 0. The molecule has 5 rings (SSSR count). The third kappa shape index (κ3) is 1.92. The molecule has 1 N–H and O–H groups in total. The van der Waals surface area contributed by atoms with Gasteiger partial charge in [0.15, 0.2) is 0 Å². The van der Waals surface area contributed by atoms with Gasteiger partial charge in [0, 0.05) is 17.5 Å². The first-order chi connectivity index (χ1) is 12.1. The summed E-state index contributed by atoms with van der Waals surface area (Å²) in [5.74, 6) is -0.412. The van der Waals surface area contributed by atoms with Crippen LogP contribution in [-0.4, -0.2) is 18.4 Å². The fourth-order valence-electron chi connectivity index (χ4n) is 4.15. The van der Waals surface area contributed by atoms with E-state index in [0.29, 0.717) is 29.9 Å². The Morgan fingerprint density at radius 2 is 1.92 bits per heavy atom. The minimum absolute atomic E-state index is 0.192. The third-order valence-corrected chi connectivity index (χ3v) is 5.55. The quantitative estimate of drug-likeness (QED) is 0.814. The molecule has 1 unspecified atom stereocenters. The van der Waals surface area contributed by atoms with Gasteiger partial charge < -0.3 is 4.74 Å². The minimum Gasteiger partial charge on any atom is -0.493 e. The lowest BCUT2D eigenvalue weighted by Gasteiger charge is -2.41. The second kappa shape index (κ2) is 4.91. The van der Waals surface area contributed by atoms with Crippen molar-refractivity contribution in [2.24, 2.45) is 0 Å². The molecule has 1 atom stereocenters. The van der Waals surface area contributed by atoms with E-state index >= 15 is 0 Å². The molecule has 2 aliphatic heterocycles. The maximum atomic E-state index is 14.5. The van der Waals surface area contributed by atoms with Crippen LogP contribution in [0.4, 0.5) is 4.39 Å². The number of rotatable bonds is 1. The number of para-hydroxylation sites is 1. The highest BCUT2D eigenvalue weighted by molar-refractivity contribution is 6.15. The number of carbonyl (C=O) groups is 2. The number of hydrogen-bond donors (Lipinski definition) is 1. The molecule has 1 saturated carbocycles. The van der Waals surface area contributed by atoms with Gasteiger partial charge in [-0.05, 0) is 42.0 Å². The second-order valence-electron chi connectivity index (χ2n) is 6.98. The highest BCUT2D eigenvalue weighted by atomic mass is 19.1. The molecule has 2 aromatic rings. The lowest BCUT2D eigenvalue weighted by molar-refractivity contribution is -0.125. The molecular formula is C20H16FNO3. The van der Waals surface area contributed by atoms with Crippen LogP contribution < -0.4 is 10.1 Å². The number of amides is 2. The number of ether oxygens (including phenoxy) is 1. The van der Waals surface area contributed by atoms with E-state index in [1.54, 1.807) is 6.07 Å². The number of fused-ring (bicyclic) bond motifs is 4. The van der Waals surface area contributed by atoms with Crippen LogP contribution in [0.15, 0.2) is 36.4 Å². The summed E-state index contributed by atoms with van der Waals surface area (Å²) in [6, 6.07) is 10.4. The van der Waals surface area contributed by atoms with E-state index in [4.69, 9.17) is 4.74 Å². The van der Waals surface area contributed by atoms with E-state index in [-0.39, 0.29) is 23.2 Å². The number of carbonyl (C=O) groups excluding carboxylic acids is 2. The Morgan fingerprint density at radius 3 is 2.72 bits per heavy atom. The summed E-state index contributed by atoms with van der Waals surface area (Å²) in [4.78, 5) is 25.4. The largest absolute Gasteiger partial charge is 0.493 e. The molecule has 5 heteroatoms. The average molecular weight is 337 g/mol. The monoisotopic (exact) mass is 337 g/mol. The van der Waals surface area contributed by atoms with Crippen LogP contribution >= 0.6 is 0 Å². The van der Waals surface area contributed by atoms with Crippen molar-refractivity contribution in [2.75, 3.05) is 6.61 Å². The van der Waals surface area contributed by atoms with Crippen molar-refractivity contribution in [3.05, 3.63) is 64.5 Å². The average Bonchev–Trinajstić information content (AvgIpc) is 3.45. The maximum absolute atomic E-state index is 14.5. The summed E-state index contributed by atoms with van der Waals surface area (Å²) in [6.45, 7) is 0.369. The summed E-state index contributed by atoms with van der Waals surface area (Å²) >= 11 is 0. The highest BCUT2D eigenvalue weighted by Crippen LogP contribution is 2.49. The molecule has 0 saturated heterocycles. The molecule has 1 aliphatic carbocycles. The first-order valence-electron chi connectivity index (χ1n) is 8.53. The van der Waals surface area contributed by atoms with Gasteiger partial charge in [-0.25, -0.2) is 4.39 Å².